The Morgan fingerprint density at radius 3 is 1.34 bits per heavy atom. The van der Waals surface area contributed by atoms with Crippen molar-refractivity contribution in [3.05, 3.63) is 0 Å². The molecule has 1 atom stereocenters. The van der Waals surface area contributed by atoms with Crippen molar-refractivity contribution in [2.24, 2.45) is 0 Å². The lowest BCUT2D eigenvalue weighted by molar-refractivity contribution is -0.870. The maximum atomic E-state index is 11.8. The number of hydrogen-bond donors (Lipinski definition) is 1. The number of phosphoric acid groups is 1. The average molecular weight is 437 g/mol. The van der Waals surface area contributed by atoms with Crippen molar-refractivity contribution in [2.75, 3.05) is 40.9 Å². The summed E-state index contributed by atoms with van der Waals surface area (Å²) in [5.74, 6) is 0. The van der Waals surface area contributed by atoms with Crippen molar-refractivity contribution in [1.29, 1.82) is 0 Å². The number of unbranched alkanes of at least 4 members (excludes halogenated alkanes) is 14. The van der Waals surface area contributed by atoms with Gasteiger partial charge in [0.15, 0.2) is 0 Å². The van der Waals surface area contributed by atoms with E-state index in [0.717, 1.165) is 36.7 Å². The minimum Gasteiger partial charge on any atom is -0.331 e. The van der Waals surface area contributed by atoms with Gasteiger partial charge in [0.1, 0.15) is 0 Å². The summed E-state index contributed by atoms with van der Waals surface area (Å²) >= 11 is 0. The molecule has 0 radical (unpaired) electrons. The molecule has 176 valence electrons. The van der Waals surface area contributed by atoms with E-state index in [1.807, 2.05) is 0 Å². The van der Waals surface area contributed by atoms with Gasteiger partial charge in [-0.15, -0.1) is 0 Å². The lowest BCUT2D eigenvalue weighted by atomic mass is 10.0. The van der Waals surface area contributed by atoms with E-state index in [2.05, 4.69) is 28.1 Å². The van der Waals surface area contributed by atoms with Crippen LogP contribution in [0.5, 0.6) is 0 Å². The van der Waals surface area contributed by atoms with Crippen LogP contribution in [-0.2, 0) is 13.6 Å². The third-order valence-corrected chi connectivity index (χ3v) is 6.25. The summed E-state index contributed by atoms with van der Waals surface area (Å²) in [7, 11) is 2.54. The van der Waals surface area contributed by atoms with Gasteiger partial charge in [0, 0.05) is 0 Å². The molecular formula is C23H51NO4P+. The van der Waals surface area contributed by atoms with Crippen molar-refractivity contribution in [3.63, 3.8) is 0 Å². The van der Waals surface area contributed by atoms with Gasteiger partial charge in [0.25, 0.3) is 0 Å². The van der Waals surface area contributed by atoms with E-state index in [1.54, 1.807) is 0 Å². The Bertz CT molecular complexity index is 399. The molecule has 1 unspecified atom stereocenters. The normalized spacial score (nSPS) is 14.2. The molecule has 0 saturated heterocycles. The Balaban J connectivity index is 3.33. The van der Waals surface area contributed by atoms with E-state index >= 15 is 0 Å². The minimum absolute atomic E-state index is 0.284. The van der Waals surface area contributed by atoms with Gasteiger partial charge in [-0.05, 0) is 19.3 Å². The van der Waals surface area contributed by atoms with Crippen molar-refractivity contribution < 1.29 is 23.0 Å². The summed E-state index contributed by atoms with van der Waals surface area (Å²) < 4.78 is 22.8. The Morgan fingerprint density at radius 1 is 0.621 bits per heavy atom. The lowest BCUT2D eigenvalue weighted by Gasteiger charge is -2.23. The zero-order chi connectivity index (χ0) is 21.8. The monoisotopic (exact) mass is 436 g/mol. The van der Waals surface area contributed by atoms with Crippen molar-refractivity contribution in [1.82, 2.24) is 0 Å². The van der Waals surface area contributed by atoms with Gasteiger partial charge in [0.05, 0.1) is 40.9 Å². The molecule has 0 amide bonds. The van der Waals surface area contributed by atoms with Crippen LogP contribution in [0.3, 0.4) is 0 Å². The highest BCUT2D eigenvalue weighted by atomic mass is 31.2. The fourth-order valence-corrected chi connectivity index (χ4v) is 4.18. The summed E-state index contributed by atoms with van der Waals surface area (Å²) in [6.07, 6.45) is 19.9. The quantitative estimate of drug-likeness (QED) is 0.112. The van der Waals surface area contributed by atoms with Gasteiger partial charge in [-0.1, -0.05) is 90.4 Å². The molecule has 0 aromatic heterocycles. The number of rotatable bonds is 22. The highest BCUT2D eigenvalue weighted by Gasteiger charge is 2.20. The summed E-state index contributed by atoms with van der Waals surface area (Å²) in [6, 6.07) is 0. The van der Waals surface area contributed by atoms with Gasteiger partial charge < -0.3 is 9.38 Å². The van der Waals surface area contributed by atoms with Crippen molar-refractivity contribution in [3.8, 4) is 0 Å². The topological polar surface area (TPSA) is 55.8 Å². The Morgan fingerprint density at radius 2 is 0.966 bits per heavy atom. The smallest absolute Gasteiger partial charge is 0.331 e. The molecule has 1 N–H and O–H groups in total. The Hall–Kier alpha value is 0.0700. The van der Waals surface area contributed by atoms with E-state index in [9.17, 15) is 9.46 Å². The van der Waals surface area contributed by atoms with Crippen LogP contribution in [0.1, 0.15) is 110 Å². The molecule has 29 heavy (non-hydrogen) atoms. The van der Waals surface area contributed by atoms with E-state index in [4.69, 9.17) is 9.05 Å². The summed E-state index contributed by atoms with van der Waals surface area (Å²) in [5.41, 5.74) is 0. The van der Waals surface area contributed by atoms with Crippen LogP contribution in [0, 0.1) is 0 Å². The second kappa shape index (κ2) is 18.8. The fraction of sp³-hybridized carbons (Fsp3) is 1.00. The maximum Gasteiger partial charge on any atom is 0.472 e. The summed E-state index contributed by atoms with van der Waals surface area (Å²) in [5, 5.41) is 0. The van der Waals surface area contributed by atoms with Crippen LogP contribution < -0.4 is 0 Å². The van der Waals surface area contributed by atoms with Gasteiger partial charge in [-0.25, -0.2) is 4.57 Å². The average Bonchev–Trinajstić information content (AvgIpc) is 2.63. The standard InChI is InChI=1S/C23H50NO4P/c1-5-6-7-8-9-10-11-12-13-14-15-16-17-19-22-27-29(25,26)28-23-20-18-21-24(2,3)4/h5-23H2,1-4H3/p+1. The third kappa shape index (κ3) is 24.2. The molecule has 0 heterocycles. The molecular weight excluding hydrogens is 385 g/mol. The van der Waals surface area contributed by atoms with Crippen LogP contribution in [0.2, 0.25) is 0 Å². The molecule has 0 aromatic carbocycles. The van der Waals surface area contributed by atoms with E-state index < -0.39 is 7.82 Å². The maximum absolute atomic E-state index is 11.8. The molecule has 0 aliphatic heterocycles. The molecule has 0 fully saturated rings. The van der Waals surface area contributed by atoms with Crippen LogP contribution in [0.4, 0.5) is 0 Å². The van der Waals surface area contributed by atoms with Crippen molar-refractivity contribution >= 4 is 7.82 Å². The lowest BCUT2D eigenvalue weighted by Crippen LogP contribution is -2.35. The molecule has 0 bridgehead atoms. The zero-order valence-corrected chi connectivity index (χ0v) is 20.9. The van der Waals surface area contributed by atoms with Crippen LogP contribution >= 0.6 is 7.82 Å². The zero-order valence-electron chi connectivity index (χ0n) is 20.0. The predicted octanol–water partition coefficient (Wildman–Crippen LogP) is 7.09. The molecule has 5 nitrogen and oxygen atoms in total. The minimum atomic E-state index is -3.86. The molecule has 0 rings (SSSR count). The van der Waals surface area contributed by atoms with E-state index in [-0.39, 0.29) is 6.61 Å². The second-order valence-electron chi connectivity index (χ2n) is 9.45. The predicted molar refractivity (Wildman–Crippen MR) is 124 cm³/mol. The van der Waals surface area contributed by atoms with Gasteiger partial charge in [-0.2, -0.15) is 0 Å². The van der Waals surface area contributed by atoms with Gasteiger partial charge >= 0.3 is 7.82 Å². The second-order valence-corrected chi connectivity index (χ2v) is 10.9. The molecule has 0 spiro atoms. The van der Waals surface area contributed by atoms with E-state index in [1.165, 1.54) is 77.0 Å². The van der Waals surface area contributed by atoms with E-state index in [0.29, 0.717) is 6.61 Å². The highest BCUT2D eigenvalue weighted by molar-refractivity contribution is 7.47. The fourth-order valence-electron chi connectivity index (χ4n) is 3.38. The first-order valence-corrected chi connectivity index (χ1v) is 13.7. The van der Waals surface area contributed by atoms with Gasteiger partial charge in [0.2, 0.25) is 0 Å². The highest BCUT2D eigenvalue weighted by Crippen LogP contribution is 2.43. The molecule has 0 aromatic rings. The van der Waals surface area contributed by atoms with Crippen LogP contribution in [-0.4, -0.2) is 50.3 Å². The molecule has 0 aliphatic carbocycles. The molecule has 0 aliphatic rings. The first kappa shape index (κ1) is 29.1. The summed E-state index contributed by atoms with van der Waals surface area (Å²) in [6.45, 7) is 3.89. The largest absolute Gasteiger partial charge is 0.472 e. The van der Waals surface area contributed by atoms with Crippen LogP contribution in [0.25, 0.3) is 0 Å². The first-order chi connectivity index (χ1) is 13.8. The molecule has 6 heteroatoms. The summed E-state index contributed by atoms with van der Waals surface area (Å²) in [4.78, 5) is 9.68. The Kier molecular flexibility index (Phi) is 18.9. The SMILES string of the molecule is CCCCCCCCCCCCCCCCOP(=O)(O)OCCCC[N+](C)(C)C. The number of phosphoric ester groups is 1. The van der Waals surface area contributed by atoms with Crippen molar-refractivity contribution in [2.45, 2.75) is 110 Å². The molecule has 0 saturated carbocycles. The number of quaternary nitrogens is 1. The number of hydrogen-bond acceptors (Lipinski definition) is 3. The first-order valence-electron chi connectivity index (χ1n) is 12.2. The third-order valence-electron chi connectivity index (χ3n) is 5.23. The van der Waals surface area contributed by atoms with Gasteiger partial charge in [-0.3, -0.25) is 9.05 Å². The number of nitrogens with zero attached hydrogens (tertiary/aromatic N) is 1. The Labute approximate surface area is 181 Å². The van der Waals surface area contributed by atoms with Crippen LogP contribution in [0.15, 0.2) is 0 Å².